The van der Waals surface area contributed by atoms with E-state index in [0.717, 1.165) is 12.1 Å². The molecule has 0 amide bonds. The van der Waals surface area contributed by atoms with Crippen molar-refractivity contribution in [3.05, 3.63) is 85.3 Å². The van der Waals surface area contributed by atoms with Crippen LogP contribution in [0.4, 0.5) is 18.9 Å². The third kappa shape index (κ3) is 4.68. The van der Waals surface area contributed by atoms with Crippen LogP contribution in [0.3, 0.4) is 0 Å². The summed E-state index contributed by atoms with van der Waals surface area (Å²) in [6.45, 7) is 1.95. The van der Waals surface area contributed by atoms with Crippen LogP contribution in [-0.4, -0.2) is 24.7 Å². The molecule has 0 unspecified atom stereocenters. The van der Waals surface area contributed by atoms with Crippen LogP contribution in [0.5, 0.6) is 0 Å². The molecule has 0 spiro atoms. The van der Waals surface area contributed by atoms with Crippen LogP contribution in [0.15, 0.2) is 47.3 Å². The molecule has 0 saturated carbocycles. The Bertz CT molecular complexity index is 1090. The summed E-state index contributed by atoms with van der Waals surface area (Å²) in [6.07, 6.45) is -4.09. The number of nitrogens with zero attached hydrogens (tertiary/aromatic N) is 5. The first-order valence-corrected chi connectivity index (χ1v) is 8.56. The van der Waals surface area contributed by atoms with Gasteiger partial charge in [-0.1, -0.05) is 23.3 Å². The minimum Gasteiger partial charge on any atom is -0.258 e. The molecular formula is C18H16F3N5O3. The van der Waals surface area contributed by atoms with E-state index in [1.165, 1.54) is 27.7 Å². The topological polar surface area (TPSA) is 95.8 Å². The van der Waals surface area contributed by atoms with Crippen molar-refractivity contribution in [3.8, 4) is 0 Å². The predicted octanol–water partition coefficient (Wildman–Crippen LogP) is 2.97. The molecule has 0 aliphatic rings. The third-order valence-electron chi connectivity index (χ3n) is 4.41. The normalized spacial score (nSPS) is 11.6. The van der Waals surface area contributed by atoms with E-state index in [4.69, 9.17) is 0 Å². The number of aryl methyl sites for hydroxylation is 2. The minimum absolute atomic E-state index is 0.00738. The predicted molar refractivity (Wildman–Crippen MR) is 96.4 cm³/mol. The molecule has 2 aromatic carbocycles. The minimum atomic E-state index is -4.40. The Labute approximate surface area is 162 Å². The molecule has 0 saturated heterocycles. The van der Waals surface area contributed by atoms with E-state index in [-0.39, 0.29) is 18.8 Å². The van der Waals surface area contributed by atoms with E-state index >= 15 is 0 Å². The highest BCUT2D eigenvalue weighted by molar-refractivity contribution is 5.41. The van der Waals surface area contributed by atoms with Gasteiger partial charge >= 0.3 is 11.9 Å². The second kappa shape index (κ2) is 7.86. The molecule has 1 heterocycles. The molecule has 152 valence electrons. The van der Waals surface area contributed by atoms with Gasteiger partial charge in [-0.05, 0) is 47.9 Å². The third-order valence-corrected chi connectivity index (χ3v) is 4.41. The maximum atomic E-state index is 12.6. The van der Waals surface area contributed by atoms with Crippen LogP contribution in [0, 0.1) is 17.0 Å². The molecule has 0 N–H and O–H groups in total. The lowest BCUT2D eigenvalue weighted by atomic mass is 10.1. The number of tetrazole rings is 1. The molecule has 3 rings (SSSR count). The van der Waals surface area contributed by atoms with Gasteiger partial charge in [0.1, 0.15) is 0 Å². The lowest BCUT2D eigenvalue weighted by molar-refractivity contribution is -0.385. The van der Waals surface area contributed by atoms with Gasteiger partial charge in [0.2, 0.25) is 0 Å². The maximum Gasteiger partial charge on any atom is 0.416 e. The van der Waals surface area contributed by atoms with Crippen molar-refractivity contribution in [1.29, 1.82) is 0 Å². The summed E-state index contributed by atoms with van der Waals surface area (Å²) in [4.78, 5) is 23.7. The molecule has 29 heavy (non-hydrogen) atoms. The zero-order valence-corrected chi connectivity index (χ0v) is 15.3. The van der Waals surface area contributed by atoms with Crippen molar-refractivity contribution >= 4 is 5.69 Å². The summed E-state index contributed by atoms with van der Waals surface area (Å²) in [6, 6.07) is 9.29. The number of benzene rings is 2. The lowest BCUT2D eigenvalue weighted by Crippen LogP contribution is -2.25. The molecule has 0 atom stereocenters. The molecule has 0 fully saturated rings. The summed E-state index contributed by atoms with van der Waals surface area (Å²) in [5.74, 6) is 0. The van der Waals surface area contributed by atoms with Crippen LogP contribution in [-0.2, 0) is 25.7 Å². The van der Waals surface area contributed by atoms with Crippen LogP contribution in [0.25, 0.3) is 0 Å². The quantitative estimate of drug-likeness (QED) is 0.462. The van der Waals surface area contributed by atoms with Gasteiger partial charge in [0.15, 0.2) is 0 Å². The first kappa shape index (κ1) is 20.2. The highest BCUT2D eigenvalue weighted by Gasteiger charge is 2.29. The Balaban J connectivity index is 1.74. The van der Waals surface area contributed by atoms with Crippen LogP contribution < -0.4 is 5.69 Å². The largest absolute Gasteiger partial charge is 0.416 e. The molecule has 11 heteroatoms. The first-order chi connectivity index (χ1) is 13.6. The Morgan fingerprint density at radius 2 is 1.76 bits per heavy atom. The number of hydrogen-bond acceptors (Lipinski definition) is 5. The SMILES string of the molecule is Cc1cc(Cn2nnc(=O)n2CCc2ccc(C(F)(F)F)cc2)ccc1[N+](=O)[O-]. The summed E-state index contributed by atoms with van der Waals surface area (Å²) >= 11 is 0. The van der Waals surface area contributed by atoms with Gasteiger partial charge < -0.3 is 0 Å². The summed E-state index contributed by atoms with van der Waals surface area (Å²) in [5, 5.41) is 18.2. The average Bonchev–Trinajstić information content (AvgIpc) is 2.99. The van der Waals surface area contributed by atoms with Gasteiger partial charge in [-0.15, -0.1) is 0 Å². The van der Waals surface area contributed by atoms with E-state index in [9.17, 15) is 28.1 Å². The molecule has 8 nitrogen and oxygen atoms in total. The molecule has 3 aromatic rings. The molecule has 1 aromatic heterocycles. The summed E-state index contributed by atoms with van der Waals surface area (Å²) < 4.78 is 39.2. The van der Waals surface area contributed by atoms with Gasteiger partial charge in [0.25, 0.3) is 5.69 Å². The molecule has 0 radical (unpaired) electrons. The maximum absolute atomic E-state index is 12.6. The van der Waals surface area contributed by atoms with E-state index in [1.807, 2.05) is 0 Å². The second-order valence-electron chi connectivity index (χ2n) is 6.45. The van der Waals surface area contributed by atoms with E-state index < -0.39 is 22.4 Å². The van der Waals surface area contributed by atoms with Crippen molar-refractivity contribution in [1.82, 2.24) is 19.8 Å². The Hall–Kier alpha value is -3.50. The Morgan fingerprint density at radius 1 is 1.10 bits per heavy atom. The average molecular weight is 407 g/mol. The van der Waals surface area contributed by atoms with E-state index in [0.29, 0.717) is 23.1 Å². The number of rotatable bonds is 6. The first-order valence-electron chi connectivity index (χ1n) is 8.56. The standard InChI is InChI=1S/C18H16F3N5O3/c1-12-10-14(4-7-16(12)26(28)29)11-25-23-22-17(27)24(25)9-8-13-2-5-15(6-3-13)18(19,20)21/h2-7,10H,8-9,11H2,1H3. The van der Waals surface area contributed by atoms with Crippen LogP contribution >= 0.6 is 0 Å². The highest BCUT2D eigenvalue weighted by Crippen LogP contribution is 2.29. The number of aromatic nitrogens is 4. The van der Waals surface area contributed by atoms with Crippen molar-refractivity contribution in [2.24, 2.45) is 0 Å². The second-order valence-corrected chi connectivity index (χ2v) is 6.45. The lowest BCUT2D eigenvalue weighted by Gasteiger charge is -2.10. The van der Waals surface area contributed by atoms with Crippen LogP contribution in [0.1, 0.15) is 22.3 Å². The van der Waals surface area contributed by atoms with Crippen molar-refractivity contribution in [2.45, 2.75) is 32.6 Å². The smallest absolute Gasteiger partial charge is 0.258 e. The number of hydrogen-bond donors (Lipinski definition) is 0. The zero-order chi connectivity index (χ0) is 21.2. The van der Waals surface area contributed by atoms with Crippen LogP contribution in [0.2, 0.25) is 0 Å². The Kier molecular flexibility index (Phi) is 5.48. The van der Waals surface area contributed by atoms with Gasteiger partial charge in [0, 0.05) is 11.6 Å². The molecule has 0 bridgehead atoms. The van der Waals surface area contributed by atoms with Gasteiger partial charge in [-0.25, -0.2) is 9.48 Å². The van der Waals surface area contributed by atoms with Gasteiger partial charge in [0.05, 0.1) is 23.6 Å². The summed E-state index contributed by atoms with van der Waals surface area (Å²) in [5.41, 5.74) is 0.470. The fourth-order valence-electron chi connectivity index (χ4n) is 2.90. The van der Waals surface area contributed by atoms with Crippen molar-refractivity contribution in [2.75, 3.05) is 0 Å². The molecular weight excluding hydrogens is 391 g/mol. The fourth-order valence-corrected chi connectivity index (χ4v) is 2.90. The van der Waals surface area contributed by atoms with E-state index in [2.05, 4.69) is 10.3 Å². The van der Waals surface area contributed by atoms with Gasteiger partial charge in [-0.3, -0.25) is 10.1 Å². The number of halogens is 3. The van der Waals surface area contributed by atoms with Crippen molar-refractivity contribution < 1.29 is 18.1 Å². The zero-order valence-electron chi connectivity index (χ0n) is 15.3. The summed E-state index contributed by atoms with van der Waals surface area (Å²) in [7, 11) is 0. The van der Waals surface area contributed by atoms with Crippen molar-refractivity contribution in [3.63, 3.8) is 0 Å². The Morgan fingerprint density at radius 3 is 2.34 bits per heavy atom. The highest BCUT2D eigenvalue weighted by atomic mass is 19.4. The van der Waals surface area contributed by atoms with Gasteiger partial charge in [-0.2, -0.15) is 18.0 Å². The monoisotopic (exact) mass is 407 g/mol. The fraction of sp³-hybridized carbons (Fsp3) is 0.278. The number of nitro groups is 1. The molecule has 0 aliphatic heterocycles. The molecule has 0 aliphatic carbocycles. The van der Waals surface area contributed by atoms with E-state index in [1.54, 1.807) is 19.1 Å². The number of nitro benzene ring substituents is 1. The number of alkyl halides is 3.